The summed E-state index contributed by atoms with van der Waals surface area (Å²) >= 11 is 0. The lowest BCUT2D eigenvalue weighted by Crippen LogP contribution is -2.14. The van der Waals surface area contributed by atoms with Crippen molar-refractivity contribution in [1.82, 2.24) is 10.2 Å². The molecule has 1 saturated carbocycles. The summed E-state index contributed by atoms with van der Waals surface area (Å²) in [6, 6.07) is 0. The van der Waals surface area contributed by atoms with Crippen LogP contribution in [0.4, 0.5) is 0 Å². The normalized spacial score (nSPS) is 26.4. The molecule has 3 rings (SSSR count). The fourth-order valence-electron chi connectivity index (χ4n) is 2.32. The summed E-state index contributed by atoms with van der Waals surface area (Å²) in [6.07, 6.45) is 4.95. The van der Waals surface area contributed by atoms with E-state index in [0.717, 1.165) is 25.3 Å². The molecule has 0 aliphatic heterocycles. The van der Waals surface area contributed by atoms with Crippen LogP contribution in [0.3, 0.4) is 0 Å². The van der Waals surface area contributed by atoms with Crippen LogP contribution < -0.4 is 5.73 Å². The van der Waals surface area contributed by atoms with Crippen molar-refractivity contribution in [3.63, 3.8) is 0 Å². The van der Waals surface area contributed by atoms with Gasteiger partial charge in [0.1, 0.15) is 0 Å². The molecule has 1 aromatic rings. The molecule has 3 nitrogen and oxygen atoms in total. The SMILES string of the molecule is NCC1Cc2[nH]nc(C3CC3)c2C1. The number of nitrogens with one attached hydrogen (secondary N) is 1. The predicted molar refractivity (Wildman–Crippen MR) is 50.5 cm³/mol. The van der Waals surface area contributed by atoms with Crippen LogP contribution in [0.15, 0.2) is 0 Å². The van der Waals surface area contributed by atoms with Gasteiger partial charge in [-0.05, 0) is 43.7 Å². The monoisotopic (exact) mass is 177 g/mol. The molecule has 2 aliphatic rings. The fraction of sp³-hybridized carbons (Fsp3) is 0.700. The third-order valence-electron chi connectivity index (χ3n) is 3.27. The van der Waals surface area contributed by atoms with E-state index in [1.165, 1.54) is 29.8 Å². The van der Waals surface area contributed by atoms with E-state index in [2.05, 4.69) is 10.2 Å². The van der Waals surface area contributed by atoms with Gasteiger partial charge in [0.2, 0.25) is 0 Å². The summed E-state index contributed by atoms with van der Waals surface area (Å²) in [5, 5.41) is 7.57. The van der Waals surface area contributed by atoms with Crippen molar-refractivity contribution >= 4 is 0 Å². The molecule has 13 heavy (non-hydrogen) atoms. The van der Waals surface area contributed by atoms with Crippen molar-refractivity contribution in [2.45, 2.75) is 31.6 Å². The van der Waals surface area contributed by atoms with E-state index in [9.17, 15) is 0 Å². The van der Waals surface area contributed by atoms with Crippen molar-refractivity contribution in [2.24, 2.45) is 11.7 Å². The molecule has 1 atom stereocenters. The molecular weight excluding hydrogens is 162 g/mol. The van der Waals surface area contributed by atoms with Gasteiger partial charge in [0.25, 0.3) is 0 Å². The molecule has 3 heteroatoms. The average Bonchev–Trinajstić information content (AvgIpc) is 2.78. The Morgan fingerprint density at radius 3 is 2.92 bits per heavy atom. The second-order valence-electron chi connectivity index (χ2n) is 4.35. The van der Waals surface area contributed by atoms with Gasteiger partial charge >= 0.3 is 0 Å². The number of aromatic nitrogens is 2. The molecule has 1 fully saturated rings. The first kappa shape index (κ1) is 7.56. The third-order valence-corrected chi connectivity index (χ3v) is 3.27. The lowest BCUT2D eigenvalue weighted by Gasteiger charge is -2.03. The first-order valence-electron chi connectivity index (χ1n) is 5.14. The molecule has 0 aromatic carbocycles. The van der Waals surface area contributed by atoms with Crippen molar-refractivity contribution < 1.29 is 0 Å². The fourth-order valence-corrected chi connectivity index (χ4v) is 2.32. The minimum Gasteiger partial charge on any atom is -0.330 e. The zero-order chi connectivity index (χ0) is 8.84. The number of H-pyrrole nitrogens is 1. The van der Waals surface area contributed by atoms with Crippen LogP contribution in [-0.2, 0) is 12.8 Å². The molecule has 0 spiro atoms. The zero-order valence-corrected chi connectivity index (χ0v) is 7.71. The third kappa shape index (κ3) is 1.10. The molecule has 3 N–H and O–H groups in total. The number of rotatable bonds is 2. The van der Waals surface area contributed by atoms with Crippen LogP contribution in [-0.4, -0.2) is 16.7 Å². The minimum absolute atomic E-state index is 0.668. The smallest absolute Gasteiger partial charge is 0.0687 e. The maximum Gasteiger partial charge on any atom is 0.0687 e. The van der Waals surface area contributed by atoms with E-state index >= 15 is 0 Å². The summed E-state index contributed by atoms with van der Waals surface area (Å²) in [4.78, 5) is 0. The van der Waals surface area contributed by atoms with E-state index in [0.29, 0.717) is 5.92 Å². The molecule has 2 aliphatic carbocycles. The standard InChI is InChI=1S/C10H15N3/c11-5-6-3-8-9(4-6)12-13-10(8)7-1-2-7/h6-7H,1-5,11H2,(H,12,13). The van der Waals surface area contributed by atoms with Gasteiger partial charge in [-0.25, -0.2) is 0 Å². The summed E-state index contributed by atoms with van der Waals surface area (Å²) in [7, 11) is 0. The minimum atomic E-state index is 0.668. The molecular formula is C10H15N3. The maximum absolute atomic E-state index is 5.68. The zero-order valence-electron chi connectivity index (χ0n) is 7.71. The highest BCUT2D eigenvalue weighted by Crippen LogP contribution is 2.43. The van der Waals surface area contributed by atoms with Crippen molar-refractivity contribution in [2.75, 3.05) is 6.54 Å². The number of fused-ring (bicyclic) bond motifs is 1. The van der Waals surface area contributed by atoms with Gasteiger partial charge < -0.3 is 5.73 Å². The maximum atomic E-state index is 5.68. The van der Waals surface area contributed by atoms with Crippen LogP contribution in [0, 0.1) is 5.92 Å². The summed E-state index contributed by atoms with van der Waals surface area (Å²) in [6.45, 7) is 0.812. The highest BCUT2D eigenvalue weighted by molar-refractivity contribution is 5.34. The first-order chi connectivity index (χ1) is 6.38. The van der Waals surface area contributed by atoms with Crippen molar-refractivity contribution in [1.29, 1.82) is 0 Å². The molecule has 1 unspecified atom stereocenters. The molecule has 70 valence electrons. The largest absolute Gasteiger partial charge is 0.330 e. The molecule has 1 heterocycles. The van der Waals surface area contributed by atoms with E-state index < -0.39 is 0 Å². The van der Waals surface area contributed by atoms with Gasteiger partial charge in [-0.2, -0.15) is 5.10 Å². The summed E-state index contributed by atoms with van der Waals surface area (Å²) < 4.78 is 0. The van der Waals surface area contributed by atoms with Crippen LogP contribution in [0.25, 0.3) is 0 Å². The number of nitrogens with two attached hydrogens (primary N) is 1. The van der Waals surface area contributed by atoms with Crippen LogP contribution in [0.1, 0.15) is 35.7 Å². The van der Waals surface area contributed by atoms with Gasteiger partial charge in [-0.3, -0.25) is 5.10 Å². The highest BCUT2D eigenvalue weighted by Gasteiger charge is 2.33. The van der Waals surface area contributed by atoms with Crippen molar-refractivity contribution in [3.8, 4) is 0 Å². The molecule has 0 bridgehead atoms. The molecule has 0 radical (unpaired) electrons. The Morgan fingerprint density at radius 2 is 2.23 bits per heavy atom. The Morgan fingerprint density at radius 1 is 1.38 bits per heavy atom. The second-order valence-corrected chi connectivity index (χ2v) is 4.35. The van der Waals surface area contributed by atoms with Gasteiger partial charge in [0, 0.05) is 11.6 Å². The first-order valence-corrected chi connectivity index (χ1v) is 5.14. The van der Waals surface area contributed by atoms with Gasteiger partial charge in [-0.1, -0.05) is 0 Å². The van der Waals surface area contributed by atoms with Crippen molar-refractivity contribution in [3.05, 3.63) is 17.0 Å². The Balaban J connectivity index is 1.92. The highest BCUT2D eigenvalue weighted by atomic mass is 15.1. The lowest BCUT2D eigenvalue weighted by atomic mass is 10.1. The van der Waals surface area contributed by atoms with Crippen LogP contribution in [0.2, 0.25) is 0 Å². The molecule has 0 saturated heterocycles. The Bertz CT molecular complexity index is 325. The van der Waals surface area contributed by atoms with Crippen LogP contribution in [0.5, 0.6) is 0 Å². The topological polar surface area (TPSA) is 54.7 Å². The lowest BCUT2D eigenvalue weighted by molar-refractivity contribution is 0.564. The number of nitrogens with zero attached hydrogens (tertiary/aromatic N) is 1. The number of aromatic amines is 1. The Kier molecular flexibility index (Phi) is 1.50. The number of hydrogen-bond donors (Lipinski definition) is 2. The van der Waals surface area contributed by atoms with Gasteiger partial charge in [0.05, 0.1) is 5.69 Å². The Labute approximate surface area is 77.7 Å². The van der Waals surface area contributed by atoms with E-state index in [1.54, 1.807) is 0 Å². The Hall–Kier alpha value is -0.830. The summed E-state index contributed by atoms with van der Waals surface area (Å²) in [5.74, 6) is 1.44. The van der Waals surface area contributed by atoms with Gasteiger partial charge in [0.15, 0.2) is 0 Å². The van der Waals surface area contributed by atoms with E-state index in [4.69, 9.17) is 5.73 Å². The number of hydrogen-bond acceptors (Lipinski definition) is 2. The van der Waals surface area contributed by atoms with Gasteiger partial charge in [-0.15, -0.1) is 0 Å². The summed E-state index contributed by atoms with van der Waals surface area (Å²) in [5.41, 5.74) is 9.89. The van der Waals surface area contributed by atoms with E-state index in [-0.39, 0.29) is 0 Å². The molecule has 0 amide bonds. The average molecular weight is 177 g/mol. The second kappa shape index (κ2) is 2.58. The van der Waals surface area contributed by atoms with E-state index in [1.807, 2.05) is 0 Å². The predicted octanol–water partition coefficient (Wildman–Crippen LogP) is 0.961. The van der Waals surface area contributed by atoms with Crippen LogP contribution >= 0.6 is 0 Å². The quantitative estimate of drug-likeness (QED) is 0.707. The molecule has 1 aromatic heterocycles.